The highest BCUT2D eigenvalue weighted by Crippen LogP contribution is 2.11. The molecule has 12 heavy (non-hydrogen) atoms. The van der Waals surface area contributed by atoms with Crippen LogP contribution < -0.4 is 16.4 Å². The number of hydrogen-bond donors (Lipinski definition) is 4. The quantitative estimate of drug-likeness (QED) is 0.374. The highest BCUT2D eigenvalue weighted by Gasteiger charge is 2.32. The van der Waals surface area contributed by atoms with Crippen molar-refractivity contribution in [1.29, 1.82) is 0 Å². The molecule has 6 heteroatoms. The van der Waals surface area contributed by atoms with Crippen molar-refractivity contribution >= 4 is 12.0 Å². The van der Waals surface area contributed by atoms with Crippen molar-refractivity contribution in [3.63, 3.8) is 0 Å². The van der Waals surface area contributed by atoms with Gasteiger partial charge < -0.3 is 21.5 Å². The predicted molar refractivity (Wildman–Crippen MR) is 40.3 cm³/mol. The van der Waals surface area contributed by atoms with Gasteiger partial charge in [0.05, 0.1) is 6.42 Å². The van der Waals surface area contributed by atoms with Gasteiger partial charge in [-0.2, -0.15) is 0 Å². The van der Waals surface area contributed by atoms with Gasteiger partial charge in [0.2, 0.25) is 5.91 Å². The first-order chi connectivity index (χ1) is 5.52. The monoisotopic (exact) mass is 173 g/mol. The smallest absolute Gasteiger partial charge is 0.406 e. The van der Waals surface area contributed by atoms with Gasteiger partial charge in [0.15, 0.2) is 0 Å². The van der Waals surface area contributed by atoms with E-state index in [4.69, 9.17) is 10.8 Å². The number of carbonyl (C=O) groups excluding carboxylic acids is 1. The van der Waals surface area contributed by atoms with Gasteiger partial charge in [0, 0.05) is 13.0 Å². The molecular weight excluding hydrogens is 162 g/mol. The first-order valence-electron chi connectivity index (χ1n) is 3.58. The van der Waals surface area contributed by atoms with Crippen LogP contribution in [0.15, 0.2) is 0 Å². The van der Waals surface area contributed by atoms with E-state index in [1.807, 2.05) is 0 Å². The molecule has 0 bridgehead atoms. The fourth-order valence-corrected chi connectivity index (χ4v) is 1.18. The maximum Gasteiger partial charge on any atom is 0.406 e. The number of amides is 2. The molecule has 0 aliphatic carbocycles. The van der Waals surface area contributed by atoms with Gasteiger partial charge in [-0.15, -0.1) is 0 Å². The molecule has 1 atom stereocenters. The van der Waals surface area contributed by atoms with Gasteiger partial charge in [-0.25, -0.2) is 4.79 Å². The molecular formula is C6H11N3O3. The van der Waals surface area contributed by atoms with Gasteiger partial charge in [-0.3, -0.25) is 4.79 Å². The summed E-state index contributed by atoms with van der Waals surface area (Å²) in [7, 11) is 0. The summed E-state index contributed by atoms with van der Waals surface area (Å²) in [5.74, 6) is -0.225. The zero-order valence-corrected chi connectivity index (χ0v) is 6.46. The van der Waals surface area contributed by atoms with Crippen molar-refractivity contribution in [2.24, 2.45) is 5.73 Å². The third-order valence-corrected chi connectivity index (χ3v) is 1.73. The number of piperidine rings is 1. The van der Waals surface area contributed by atoms with Gasteiger partial charge in [-0.05, 0) is 0 Å². The van der Waals surface area contributed by atoms with Crippen molar-refractivity contribution in [1.82, 2.24) is 10.6 Å². The van der Waals surface area contributed by atoms with Crippen molar-refractivity contribution in [3.05, 3.63) is 0 Å². The van der Waals surface area contributed by atoms with Crippen LogP contribution in [-0.4, -0.2) is 29.3 Å². The second kappa shape index (κ2) is 2.98. The molecule has 0 aromatic carbocycles. The Bertz CT molecular complexity index is 214. The van der Waals surface area contributed by atoms with Crippen LogP contribution in [0.25, 0.3) is 0 Å². The first-order valence-corrected chi connectivity index (χ1v) is 3.58. The number of hydrogen-bond acceptors (Lipinski definition) is 3. The van der Waals surface area contributed by atoms with E-state index in [2.05, 4.69) is 10.6 Å². The molecule has 1 saturated heterocycles. The number of nitrogens with one attached hydrogen (secondary N) is 2. The molecule has 1 heterocycles. The molecule has 1 unspecified atom stereocenters. The molecule has 0 spiro atoms. The van der Waals surface area contributed by atoms with E-state index in [9.17, 15) is 9.59 Å². The lowest BCUT2D eigenvalue weighted by atomic mass is 9.99. The Balaban J connectivity index is 2.57. The molecule has 2 amide bonds. The fraction of sp³-hybridized carbons (Fsp3) is 0.667. The largest absolute Gasteiger partial charge is 0.465 e. The minimum Gasteiger partial charge on any atom is -0.465 e. The van der Waals surface area contributed by atoms with Crippen LogP contribution in [0.2, 0.25) is 0 Å². The molecule has 1 aliphatic rings. The highest BCUT2D eigenvalue weighted by molar-refractivity contribution is 5.79. The van der Waals surface area contributed by atoms with Crippen LogP contribution in [0, 0.1) is 0 Å². The molecule has 0 aromatic rings. The van der Waals surface area contributed by atoms with Crippen LogP contribution >= 0.6 is 0 Å². The molecule has 1 rings (SSSR count). The normalized spacial score (nSPS) is 29.2. The molecule has 68 valence electrons. The average Bonchev–Trinajstić information content (AvgIpc) is 1.82. The molecule has 6 nitrogen and oxygen atoms in total. The van der Waals surface area contributed by atoms with E-state index < -0.39 is 11.8 Å². The third kappa shape index (κ3) is 2.09. The predicted octanol–water partition coefficient (Wildman–Crippen LogP) is -1.18. The Morgan fingerprint density at radius 3 is 2.92 bits per heavy atom. The zero-order chi connectivity index (χ0) is 9.19. The average molecular weight is 173 g/mol. The maximum absolute atomic E-state index is 10.8. The molecule has 0 radical (unpaired) electrons. The van der Waals surface area contributed by atoms with E-state index in [0.717, 1.165) is 0 Å². The molecule has 5 N–H and O–H groups in total. The second-order valence-electron chi connectivity index (χ2n) is 2.86. The Hall–Kier alpha value is -1.30. The Kier molecular flexibility index (Phi) is 2.18. The lowest BCUT2D eigenvalue weighted by molar-refractivity contribution is -0.124. The SMILES string of the molecule is NC1(NC(=O)O)CCNC(=O)C1. The summed E-state index contributed by atoms with van der Waals surface area (Å²) in [6, 6.07) is 0. The maximum atomic E-state index is 10.8. The lowest BCUT2D eigenvalue weighted by Gasteiger charge is -2.32. The summed E-state index contributed by atoms with van der Waals surface area (Å²) in [5.41, 5.74) is 4.51. The van der Waals surface area contributed by atoms with Gasteiger partial charge in [0.1, 0.15) is 5.66 Å². The van der Waals surface area contributed by atoms with Gasteiger partial charge in [0.25, 0.3) is 0 Å². The number of nitrogens with two attached hydrogens (primary N) is 1. The Morgan fingerprint density at radius 2 is 2.42 bits per heavy atom. The number of rotatable bonds is 1. The van der Waals surface area contributed by atoms with Crippen molar-refractivity contribution in [3.8, 4) is 0 Å². The van der Waals surface area contributed by atoms with Crippen LogP contribution in [0.5, 0.6) is 0 Å². The highest BCUT2D eigenvalue weighted by atomic mass is 16.4. The summed E-state index contributed by atoms with van der Waals surface area (Å²) in [5, 5.41) is 13.1. The number of carboxylic acid groups (broad SMARTS) is 1. The molecule has 1 aliphatic heterocycles. The summed E-state index contributed by atoms with van der Waals surface area (Å²) >= 11 is 0. The molecule has 1 fully saturated rings. The van der Waals surface area contributed by atoms with Crippen LogP contribution in [0.3, 0.4) is 0 Å². The zero-order valence-electron chi connectivity index (χ0n) is 6.46. The lowest BCUT2D eigenvalue weighted by Crippen LogP contribution is -2.61. The van der Waals surface area contributed by atoms with Crippen LogP contribution in [0.4, 0.5) is 4.79 Å². The van der Waals surface area contributed by atoms with E-state index in [1.165, 1.54) is 0 Å². The van der Waals surface area contributed by atoms with Crippen LogP contribution in [0.1, 0.15) is 12.8 Å². The van der Waals surface area contributed by atoms with Crippen LogP contribution in [-0.2, 0) is 4.79 Å². The first kappa shape index (κ1) is 8.79. The standard InChI is InChI=1S/C6H11N3O3/c7-6(9-5(11)12)1-2-8-4(10)3-6/h9H,1-3,7H2,(H,8,10)(H,11,12). The van der Waals surface area contributed by atoms with Crippen molar-refractivity contribution < 1.29 is 14.7 Å². The Morgan fingerprint density at radius 1 is 1.75 bits per heavy atom. The van der Waals surface area contributed by atoms with Gasteiger partial charge >= 0.3 is 6.09 Å². The minimum atomic E-state index is -1.20. The van der Waals surface area contributed by atoms with Crippen molar-refractivity contribution in [2.45, 2.75) is 18.5 Å². The topological polar surface area (TPSA) is 104 Å². The van der Waals surface area contributed by atoms with Gasteiger partial charge in [-0.1, -0.05) is 0 Å². The van der Waals surface area contributed by atoms with E-state index in [1.54, 1.807) is 0 Å². The van der Waals surface area contributed by atoms with Crippen molar-refractivity contribution in [2.75, 3.05) is 6.54 Å². The second-order valence-corrected chi connectivity index (χ2v) is 2.86. The molecule has 0 aromatic heterocycles. The van der Waals surface area contributed by atoms with E-state index in [-0.39, 0.29) is 12.3 Å². The summed E-state index contributed by atoms with van der Waals surface area (Å²) in [6.07, 6.45) is -0.781. The molecule has 0 saturated carbocycles. The fourth-order valence-electron chi connectivity index (χ4n) is 1.18. The third-order valence-electron chi connectivity index (χ3n) is 1.73. The van der Waals surface area contributed by atoms with E-state index >= 15 is 0 Å². The Labute approximate surface area is 69.1 Å². The summed E-state index contributed by atoms with van der Waals surface area (Å²) in [6.45, 7) is 0.412. The summed E-state index contributed by atoms with van der Waals surface area (Å²) < 4.78 is 0. The minimum absolute atomic E-state index is 0.000694. The van der Waals surface area contributed by atoms with E-state index in [0.29, 0.717) is 13.0 Å². The summed E-state index contributed by atoms with van der Waals surface area (Å²) in [4.78, 5) is 21.1. The number of carbonyl (C=O) groups is 2.